The van der Waals surface area contributed by atoms with Gasteiger partial charge in [0.1, 0.15) is 6.10 Å². The minimum Gasteiger partial charge on any atom is -0.475 e. The van der Waals surface area contributed by atoms with Crippen molar-refractivity contribution in [1.82, 2.24) is 0 Å². The van der Waals surface area contributed by atoms with Crippen LogP contribution in [0.5, 0.6) is 0 Å². The zero-order valence-electron chi connectivity index (χ0n) is 5.99. The molecular formula is C7H9O2S2. The molecule has 1 fully saturated rings. The monoisotopic (exact) mass is 189 g/mol. The highest BCUT2D eigenvalue weighted by atomic mass is 32.2. The summed E-state index contributed by atoms with van der Waals surface area (Å²) in [5.74, 6) is 1.11. The van der Waals surface area contributed by atoms with Gasteiger partial charge in [-0.25, -0.2) is 0 Å². The van der Waals surface area contributed by atoms with Crippen LogP contribution in [0.3, 0.4) is 0 Å². The molecule has 0 aliphatic carbocycles. The van der Waals surface area contributed by atoms with Crippen LogP contribution in [0.15, 0.2) is 11.7 Å². The molecule has 2 nitrogen and oxygen atoms in total. The molecular weight excluding hydrogens is 180 g/mol. The molecule has 0 bridgehead atoms. The van der Waals surface area contributed by atoms with Crippen molar-refractivity contribution in [2.75, 3.05) is 5.75 Å². The lowest BCUT2D eigenvalue weighted by molar-refractivity contribution is 0.153. The number of thioether (sulfide) groups is 1. The Bertz CT molecular complexity index is 147. The number of hydrogen-bond acceptors (Lipinski definition) is 4. The van der Waals surface area contributed by atoms with Crippen molar-refractivity contribution >= 4 is 23.8 Å². The minimum atomic E-state index is 0.203. The van der Waals surface area contributed by atoms with Crippen LogP contribution in [0, 0.1) is 5.44 Å². The first-order valence-electron chi connectivity index (χ1n) is 3.60. The molecule has 0 aromatic heterocycles. The van der Waals surface area contributed by atoms with Gasteiger partial charge in [0.05, 0.1) is 6.26 Å². The maximum absolute atomic E-state index is 5.46. The van der Waals surface area contributed by atoms with E-state index in [9.17, 15) is 0 Å². The van der Waals surface area contributed by atoms with E-state index in [2.05, 4.69) is 0 Å². The van der Waals surface area contributed by atoms with Gasteiger partial charge in [-0.1, -0.05) is 11.8 Å². The lowest BCUT2D eigenvalue weighted by Crippen LogP contribution is -2.20. The highest BCUT2D eigenvalue weighted by Crippen LogP contribution is 2.38. The van der Waals surface area contributed by atoms with Crippen LogP contribution in [0.25, 0.3) is 0 Å². The molecule has 0 saturated carbocycles. The van der Waals surface area contributed by atoms with E-state index in [0.717, 1.165) is 17.6 Å². The van der Waals surface area contributed by atoms with Gasteiger partial charge in [0, 0.05) is 11.2 Å². The third kappa shape index (κ3) is 1.86. The molecule has 1 unspecified atom stereocenters. The van der Waals surface area contributed by atoms with E-state index < -0.39 is 0 Å². The lowest BCUT2D eigenvalue weighted by Gasteiger charge is -2.23. The second-order valence-corrected chi connectivity index (χ2v) is 4.12. The van der Waals surface area contributed by atoms with Gasteiger partial charge in [0.2, 0.25) is 5.44 Å². The zero-order chi connectivity index (χ0) is 7.52. The Hall–Kier alpha value is 0.200. The molecule has 0 spiro atoms. The van der Waals surface area contributed by atoms with Crippen LogP contribution in [0.1, 0.15) is 12.8 Å². The molecule has 1 radical (unpaired) electrons. The Morgan fingerprint density at radius 2 is 2.55 bits per heavy atom. The smallest absolute Gasteiger partial charge is 0.236 e. The molecule has 61 valence electrons. The first-order valence-corrected chi connectivity index (χ1v) is 5.39. The molecule has 2 rings (SSSR count). The van der Waals surface area contributed by atoms with Crippen molar-refractivity contribution in [3.05, 3.63) is 17.1 Å². The van der Waals surface area contributed by atoms with Gasteiger partial charge in [-0.3, -0.25) is 0 Å². The summed E-state index contributed by atoms with van der Waals surface area (Å²) in [6.45, 7) is 0. The van der Waals surface area contributed by atoms with Crippen LogP contribution in [0.2, 0.25) is 0 Å². The predicted octanol–water partition coefficient (Wildman–Crippen LogP) is 2.54. The van der Waals surface area contributed by atoms with Crippen LogP contribution in [0.4, 0.5) is 0 Å². The number of ether oxygens (including phenoxy) is 1. The predicted molar refractivity (Wildman–Crippen MR) is 47.6 cm³/mol. The summed E-state index contributed by atoms with van der Waals surface area (Å²) in [6, 6.07) is 0. The molecule has 0 aromatic rings. The van der Waals surface area contributed by atoms with Gasteiger partial charge in [-0.05, 0) is 24.9 Å². The largest absolute Gasteiger partial charge is 0.475 e. The zero-order valence-corrected chi connectivity index (χ0v) is 7.62. The topological polar surface area (TPSA) is 18.5 Å². The molecule has 4 heteroatoms. The van der Waals surface area contributed by atoms with E-state index >= 15 is 0 Å². The lowest BCUT2D eigenvalue weighted by atomic mass is 10.2. The second-order valence-electron chi connectivity index (χ2n) is 2.38. The molecule has 0 N–H and O–H groups in total. The fraction of sp³-hybridized carbons (Fsp3) is 0.571. The first-order chi connectivity index (χ1) is 5.47. The maximum Gasteiger partial charge on any atom is 0.236 e. The van der Waals surface area contributed by atoms with Gasteiger partial charge in [0.25, 0.3) is 0 Å². The van der Waals surface area contributed by atoms with Crippen LogP contribution < -0.4 is 0 Å². The Kier molecular flexibility index (Phi) is 2.66. The summed E-state index contributed by atoms with van der Waals surface area (Å²) in [6.07, 6.45) is 4.23. The summed E-state index contributed by atoms with van der Waals surface area (Å²) < 4.78 is 10.7. The van der Waals surface area contributed by atoms with Gasteiger partial charge in [-0.15, -0.1) is 0 Å². The summed E-state index contributed by atoms with van der Waals surface area (Å²) in [5.41, 5.74) is 0.997. The fourth-order valence-electron chi connectivity index (χ4n) is 1.03. The van der Waals surface area contributed by atoms with E-state index in [1.54, 1.807) is 30.1 Å². The van der Waals surface area contributed by atoms with Gasteiger partial charge in [0.15, 0.2) is 0 Å². The molecule has 0 aromatic carbocycles. The fourth-order valence-corrected chi connectivity index (χ4v) is 2.50. The third-order valence-corrected chi connectivity index (χ3v) is 3.23. The Balaban J connectivity index is 1.83. The van der Waals surface area contributed by atoms with Crippen molar-refractivity contribution in [2.45, 2.75) is 18.9 Å². The average molecular weight is 189 g/mol. The quantitative estimate of drug-likeness (QED) is 0.590. The van der Waals surface area contributed by atoms with Gasteiger partial charge < -0.3 is 8.92 Å². The second kappa shape index (κ2) is 3.74. The summed E-state index contributed by atoms with van der Waals surface area (Å²) in [5, 5.41) is 1.94. The van der Waals surface area contributed by atoms with E-state index in [-0.39, 0.29) is 6.10 Å². The average Bonchev–Trinajstić information content (AvgIpc) is 2.58. The summed E-state index contributed by atoms with van der Waals surface area (Å²) in [4.78, 5) is 0. The van der Waals surface area contributed by atoms with Crippen molar-refractivity contribution in [1.29, 1.82) is 0 Å². The first kappa shape index (κ1) is 7.83. The molecule has 2 heterocycles. The highest BCUT2D eigenvalue weighted by Gasteiger charge is 2.29. The van der Waals surface area contributed by atoms with Gasteiger partial charge in [-0.2, -0.15) is 0 Å². The minimum absolute atomic E-state index is 0.203. The van der Waals surface area contributed by atoms with Crippen molar-refractivity contribution in [3.63, 3.8) is 0 Å². The van der Waals surface area contributed by atoms with E-state index in [4.69, 9.17) is 8.92 Å². The molecule has 2 aliphatic rings. The van der Waals surface area contributed by atoms with Gasteiger partial charge >= 0.3 is 0 Å². The van der Waals surface area contributed by atoms with Crippen LogP contribution >= 0.6 is 23.8 Å². The summed E-state index contributed by atoms with van der Waals surface area (Å²) in [7, 11) is 0. The van der Waals surface area contributed by atoms with E-state index in [1.807, 2.05) is 5.41 Å². The Morgan fingerprint density at radius 1 is 1.55 bits per heavy atom. The maximum atomic E-state index is 5.46. The summed E-state index contributed by atoms with van der Waals surface area (Å²) >= 11 is 3.17. The van der Waals surface area contributed by atoms with Crippen LogP contribution in [-0.2, 0) is 8.92 Å². The molecule has 2 aliphatic heterocycles. The highest BCUT2D eigenvalue weighted by molar-refractivity contribution is 8.05. The molecule has 0 amide bonds. The Morgan fingerprint density at radius 3 is 3.18 bits per heavy atom. The molecule has 1 saturated heterocycles. The van der Waals surface area contributed by atoms with Crippen molar-refractivity contribution < 1.29 is 8.92 Å². The SMILES string of the molecule is C1=CS[C](C2CCCSO2)O1. The van der Waals surface area contributed by atoms with E-state index in [0.29, 0.717) is 0 Å². The molecule has 1 atom stereocenters. The standard InChI is InChI=1S/C7H9O2S2/c1-2-6(9-11-4-1)7-8-3-5-10-7/h3,5-6H,1-2,4H2. The number of hydrogen-bond donors (Lipinski definition) is 0. The van der Waals surface area contributed by atoms with E-state index in [1.165, 1.54) is 6.42 Å². The number of rotatable bonds is 1. The third-order valence-electron chi connectivity index (χ3n) is 1.57. The Labute approximate surface area is 74.9 Å². The van der Waals surface area contributed by atoms with Crippen LogP contribution in [-0.4, -0.2) is 11.9 Å². The normalized spacial score (nSPS) is 32.2. The van der Waals surface area contributed by atoms with Crippen molar-refractivity contribution in [2.24, 2.45) is 0 Å². The van der Waals surface area contributed by atoms with Crippen molar-refractivity contribution in [3.8, 4) is 0 Å². The molecule has 11 heavy (non-hydrogen) atoms.